The third kappa shape index (κ3) is 2.40. The van der Waals surface area contributed by atoms with Gasteiger partial charge in [0.05, 0.1) is 16.7 Å². The molecule has 0 spiro atoms. The number of rotatable bonds is 3. The van der Waals surface area contributed by atoms with Gasteiger partial charge in [0, 0.05) is 0 Å². The number of cyclic esters (lactones) is 2. The van der Waals surface area contributed by atoms with E-state index in [2.05, 4.69) is 9.47 Å². The summed E-state index contributed by atoms with van der Waals surface area (Å²) < 4.78 is 8.98. The minimum atomic E-state index is -0.787. The van der Waals surface area contributed by atoms with Crippen LogP contribution in [0.3, 0.4) is 0 Å². The summed E-state index contributed by atoms with van der Waals surface area (Å²) in [6.45, 7) is 1.75. The van der Waals surface area contributed by atoms with E-state index in [4.69, 9.17) is 0 Å². The molecule has 6 heteroatoms. The molecule has 0 aromatic heterocycles. The van der Waals surface area contributed by atoms with Crippen LogP contribution in [-0.2, 0) is 14.3 Å². The first-order chi connectivity index (χ1) is 11.0. The number of aryl methyl sites for hydroxylation is 1. The Bertz CT molecular complexity index is 865. The normalized spacial score (nSPS) is 12.6. The van der Waals surface area contributed by atoms with Crippen molar-refractivity contribution >= 4 is 24.4 Å². The molecule has 1 aliphatic rings. The molecule has 6 nitrogen and oxygen atoms in total. The van der Waals surface area contributed by atoms with E-state index in [1.165, 1.54) is 12.1 Å². The van der Waals surface area contributed by atoms with Crippen LogP contribution in [0, 0.1) is 6.92 Å². The highest BCUT2D eigenvalue weighted by atomic mass is 16.6. The summed E-state index contributed by atoms with van der Waals surface area (Å²) in [5, 5.41) is 0. The molecule has 1 aliphatic heterocycles. The van der Waals surface area contributed by atoms with Crippen molar-refractivity contribution in [2.24, 2.45) is 0 Å². The fraction of sp³-hybridized carbons (Fsp3) is 0.0588. The highest BCUT2D eigenvalue weighted by molar-refractivity contribution is 6.18. The lowest BCUT2D eigenvalue weighted by atomic mass is 9.94. The smallest absolute Gasteiger partial charge is 0.347 e. The highest BCUT2D eigenvalue weighted by Crippen LogP contribution is 2.32. The van der Waals surface area contributed by atoms with Crippen LogP contribution in [0.2, 0.25) is 0 Å². The van der Waals surface area contributed by atoms with E-state index in [0.717, 1.165) is 0 Å². The summed E-state index contributed by atoms with van der Waals surface area (Å²) in [5.74, 6) is -2.21. The number of fused-ring (bicyclic) bond motifs is 1. The Hall–Kier alpha value is -3.28. The van der Waals surface area contributed by atoms with Crippen LogP contribution in [0.5, 0.6) is 0 Å². The second kappa shape index (κ2) is 5.49. The average Bonchev–Trinajstić information content (AvgIpc) is 2.83. The summed E-state index contributed by atoms with van der Waals surface area (Å²) in [5.41, 5.74) is 2.17. The number of benzene rings is 2. The van der Waals surface area contributed by atoms with E-state index in [-0.39, 0.29) is 23.2 Å². The molecule has 0 unspecified atom stereocenters. The van der Waals surface area contributed by atoms with E-state index >= 15 is 0 Å². The molecule has 2 aromatic carbocycles. The zero-order valence-corrected chi connectivity index (χ0v) is 12.0. The fourth-order valence-corrected chi connectivity index (χ4v) is 2.49. The molecule has 0 aliphatic carbocycles. The van der Waals surface area contributed by atoms with E-state index < -0.39 is 17.9 Å². The molecule has 0 saturated heterocycles. The molecule has 2 aromatic rings. The highest BCUT2D eigenvalue weighted by Gasteiger charge is 2.32. The maximum atomic E-state index is 11.9. The summed E-state index contributed by atoms with van der Waals surface area (Å²) >= 11 is 0. The fourth-order valence-electron chi connectivity index (χ4n) is 2.49. The monoisotopic (exact) mass is 310 g/mol. The summed E-state index contributed by atoms with van der Waals surface area (Å²) in [6.07, 6.45) is 0. The molecule has 114 valence electrons. The lowest BCUT2D eigenvalue weighted by Gasteiger charge is -2.09. The molecule has 0 radical (unpaired) electrons. The van der Waals surface area contributed by atoms with Crippen LogP contribution in [-0.4, -0.2) is 24.4 Å². The number of carbonyl (C=O) groups excluding carboxylic acids is 4. The van der Waals surface area contributed by atoms with Crippen LogP contribution >= 0.6 is 0 Å². The van der Waals surface area contributed by atoms with Crippen molar-refractivity contribution in [3.8, 4) is 11.1 Å². The standard InChI is InChI=1S/C17H10O6/c1-9-5-6-10(7-13(9)15(19)22-8-18)11-3-2-4-12-14(11)17(21)23-16(12)20/h2-8H,1H3. The van der Waals surface area contributed by atoms with Gasteiger partial charge < -0.3 is 9.47 Å². The lowest BCUT2D eigenvalue weighted by Crippen LogP contribution is -2.06. The topological polar surface area (TPSA) is 86.7 Å². The first-order valence-electron chi connectivity index (χ1n) is 6.68. The van der Waals surface area contributed by atoms with Crippen molar-refractivity contribution in [1.29, 1.82) is 0 Å². The molecule has 23 heavy (non-hydrogen) atoms. The summed E-state index contributed by atoms with van der Waals surface area (Å²) in [6, 6.07) is 9.65. The zero-order chi connectivity index (χ0) is 16.6. The Morgan fingerprint density at radius 1 is 1.09 bits per heavy atom. The Kier molecular flexibility index (Phi) is 3.50. The number of esters is 3. The molecule has 0 bridgehead atoms. The Morgan fingerprint density at radius 2 is 1.83 bits per heavy atom. The van der Waals surface area contributed by atoms with Crippen molar-refractivity contribution in [3.63, 3.8) is 0 Å². The number of hydrogen-bond acceptors (Lipinski definition) is 6. The second-order valence-corrected chi connectivity index (χ2v) is 4.94. The molecule has 0 atom stereocenters. The third-order valence-corrected chi connectivity index (χ3v) is 3.60. The van der Waals surface area contributed by atoms with E-state index in [1.807, 2.05) is 0 Å². The van der Waals surface area contributed by atoms with Gasteiger partial charge in [-0.1, -0.05) is 24.3 Å². The maximum Gasteiger partial charge on any atom is 0.347 e. The van der Waals surface area contributed by atoms with Crippen LogP contribution in [0.15, 0.2) is 36.4 Å². The predicted octanol–water partition coefficient (Wildman–Crippen LogP) is 2.29. The molecular formula is C17H10O6. The van der Waals surface area contributed by atoms with Crippen LogP contribution in [0.25, 0.3) is 11.1 Å². The minimum Gasteiger partial charge on any atom is -0.392 e. The van der Waals surface area contributed by atoms with Crippen molar-refractivity contribution in [1.82, 2.24) is 0 Å². The van der Waals surface area contributed by atoms with Crippen molar-refractivity contribution in [3.05, 3.63) is 58.7 Å². The summed E-state index contributed by atoms with van der Waals surface area (Å²) in [7, 11) is 0. The van der Waals surface area contributed by atoms with Gasteiger partial charge in [0.2, 0.25) is 0 Å². The Morgan fingerprint density at radius 3 is 2.57 bits per heavy atom. The average molecular weight is 310 g/mol. The molecule has 3 rings (SSSR count). The number of ether oxygens (including phenoxy) is 2. The molecule has 0 fully saturated rings. The number of carbonyl (C=O) groups is 4. The minimum absolute atomic E-state index is 0.0602. The molecular weight excluding hydrogens is 300 g/mol. The van der Waals surface area contributed by atoms with Gasteiger partial charge in [-0.2, -0.15) is 0 Å². The molecule has 1 heterocycles. The van der Waals surface area contributed by atoms with Gasteiger partial charge in [0.1, 0.15) is 0 Å². The lowest BCUT2D eigenvalue weighted by molar-refractivity contribution is -0.123. The van der Waals surface area contributed by atoms with Gasteiger partial charge in [0.15, 0.2) is 0 Å². The summed E-state index contributed by atoms with van der Waals surface area (Å²) in [4.78, 5) is 45.6. The van der Waals surface area contributed by atoms with Crippen molar-refractivity contribution in [2.75, 3.05) is 0 Å². The van der Waals surface area contributed by atoms with Gasteiger partial charge >= 0.3 is 24.4 Å². The molecule has 0 amide bonds. The van der Waals surface area contributed by atoms with E-state index in [1.54, 1.807) is 31.2 Å². The quantitative estimate of drug-likeness (QED) is 0.491. The first kappa shape index (κ1) is 14.6. The van der Waals surface area contributed by atoms with Gasteiger partial charge in [0.25, 0.3) is 0 Å². The Labute approximate surface area is 130 Å². The predicted molar refractivity (Wildman–Crippen MR) is 77.8 cm³/mol. The largest absolute Gasteiger partial charge is 0.392 e. The third-order valence-electron chi connectivity index (χ3n) is 3.60. The zero-order valence-electron chi connectivity index (χ0n) is 12.0. The van der Waals surface area contributed by atoms with E-state index in [9.17, 15) is 19.2 Å². The first-order valence-corrected chi connectivity index (χ1v) is 6.68. The number of hydrogen-bond donors (Lipinski definition) is 0. The van der Waals surface area contributed by atoms with Crippen LogP contribution < -0.4 is 0 Å². The SMILES string of the molecule is Cc1ccc(-c2cccc3c2C(=O)OC3=O)cc1C(=O)OC=O. The van der Waals surface area contributed by atoms with E-state index in [0.29, 0.717) is 16.7 Å². The van der Waals surface area contributed by atoms with Gasteiger partial charge in [-0.3, -0.25) is 4.79 Å². The van der Waals surface area contributed by atoms with Crippen molar-refractivity contribution in [2.45, 2.75) is 6.92 Å². The van der Waals surface area contributed by atoms with Crippen molar-refractivity contribution < 1.29 is 28.7 Å². The molecule has 0 N–H and O–H groups in total. The van der Waals surface area contributed by atoms with Crippen LogP contribution in [0.1, 0.15) is 36.6 Å². The molecule has 0 saturated carbocycles. The van der Waals surface area contributed by atoms with Gasteiger partial charge in [-0.05, 0) is 35.7 Å². The van der Waals surface area contributed by atoms with Gasteiger partial charge in [-0.25, -0.2) is 14.4 Å². The van der Waals surface area contributed by atoms with Gasteiger partial charge in [-0.15, -0.1) is 0 Å². The Balaban J connectivity index is 2.16. The second-order valence-electron chi connectivity index (χ2n) is 4.94. The maximum absolute atomic E-state index is 11.9. The van der Waals surface area contributed by atoms with Crippen LogP contribution in [0.4, 0.5) is 0 Å².